The number of hydrogen-bond acceptors (Lipinski definition) is 3. The summed E-state index contributed by atoms with van der Waals surface area (Å²) in [5.74, 6) is -2.09. The summed E-state index contributed by atoms with van der Waals surface area (Å²) in [5, 5.41) is 12.0. The molecular formula is C14H12FNO3. The van der Waals surface area contributed by atoms with Gasteiger partial charge in [-0.3, -0.25) is 4.79 Å². The summed E-state index contributed by atoms with van der Waals surface area (Å²) in [6, 6.07) is 11.0. The van der Waals surface area contributed by atoms with Gasteiger partial charge in [-0.2, -0.15) is 0 Å². The SMILES string of the molecule is COc1cc(C(=O)Nc2ccccc2)cc(F)c1O. The van der Waals surface area contributed by atoms with Crippen LogP contribution >= 0.6 is 0 Å². The van der Waals surface area contributed by atoms with Crippen LogP contribution in [0.15, 0.2) is 42.5 Å². The molecule has 0 radical (unpaired) electrons. The van der Waals surface area contributed by atoms with Crippen LogP contribution in [0.4, 0.5) is 10.1 Å². The number of amides is 1. The van der Waals surface area contributed by atoms with Gasteiger partial charge in [-0.25, -0.2) is 4.39 Å². The second kappa shape index (κ2) is 5.39. The average molecular weight is 261 g/mol. The van der Waals surface area contributed by atoms with Gasteiger partial charge in [0.15, 0.2) is 17.3 Å². The number of phenolic OH excluding ortho intramolecular Hbond substituents is 1. The topological polar surface area (TPSA) is 58.6 Å². The number of ether oxygens (including phenoxy) is 1. The number of hydrogen-bond donors (Lipinski definition) is 2. The van der Waals surface area contributed by atoms with Gasteiger partial charge in [0.25, 0.3) is 5.91 Å². The van der Waals surface area contributed by atoms with Crippen molar-refractivity contribution in [2.24, 2.45) is 0 Å². The molecule has 4 nitrogen and oxygen atoms in total. The summed E-state index contributed by atoms with van der Waals surface area (Å²) in [6.07, 6.45) is 0. The number of benzene rings is 2. The van der Waals surface area contributed by atoms with Crippen LogP contribution in [0.3, 0.4) is 0 Å². The first kappa shape index (κ1) is 12.9. The molecule has 2 rings (SSSR count). The van der Waals surface area contributed by atoms with Crippen LogP contribution in [0.25, 0.3) is 0 Å². The molecule has 2 aromatic rings. The maximum Gasteiger partial charge on any atom is 0.255 e. The number of phenols is 1. The summed E-state index contributed by atoms with van der Waals surface area (Å²) in [5.41, 5.74) is 0.663. The Balaban J connectivity index is 2.27. The fourth-order valence-corrected chi connectivity index (χ4v) is 1.59. The largest absolute Gasteiger partial charge is 0.502 e. The second-order valence-corrected chi connectivity index (χ2v) is 3.83. The van der Waals surface area contributed by atoms with Crippen molar-refractivity contribution in [1.82, 2.24) is 0 Å². The first-order valence-electron chi connectivity index (χ1n) is 5.54. The highest BCUT2D eigenvalue weighted by atomic mass is 19.1. The van der Waals surface area contributed by atoms with Gasteiger partial charge in [-0.1, -0.05) is 18.2 Å². The Morgan fingerprint density at radius 3 is 2.58 bits per heavy atom. The van der Waals surface area contributed by atoms with Gasteiger partial charge in [0.05, 0.1) is 7.11 Å². The lowest BCUT2D eigenvalue weighted by molar-refractivity contribution is 0.102. The minimum Gasteiger partial charge on any atom is -0.502 e. The number of aromatic hydroxyl groups is 1. The van der Waals surface area contributed by atoms with E-state index in [1.165, 1.54) is 13.2 Å². The number of carbonyl (C=O) groups excluding carboxylic acids is 1. The average Bonchev–Trinajstić information content (AvgIpc) is 2.42. The first-order chi connectivity index (χ1) is 9.11. The second-order valence-electron chi connectivity index (χ2n) is 3.83. The molecule has 0 heterocycles. The van der Waals surface area contributed by atoms with Crippen LogP contribution in [0.1, 0.15) is 10.4 Å². The van der Waals surface area contributed by atoms with Gasteiger partial charge in [0.2, 0.25) is 0 Å². The van der Waals surface area contributed by atoms with Gasteiger partial charge < -0.3 is 15.2 Å². The van der Waals surface area contributed by atoms with Crippen molar-refractivity contribution in [2.45, 2.75) is 0 Å². The van der Waals surface area contributed by atoms with Crippen LogP contribution in [-0.4, -0.2) is 18.1 Å². The number of rotatable bonds is 3. The monoisotopic (exact) mass is 261 g/mol. The summed E-state index contributed by atoms with van der Waals surface area (Å²) in [6.45, 7) is 0. The number of halogens is 1. The van der Waals surface area contributed by atoms with E-state index in [1.807, 2.05) is 6.07 Å². The van der Waals surface area contributed by atoms with Crippen molar-refractivity contribution in [3.05, 3.63) is 53.8 Å². The van der Waals surface area contributed by atoms with Gasteiger partial charge in [0, 0.05) is 11.3 Å². The van der Waals surface area contributed by atoms with Crippen molar-refractivity contribution >= 4 is 11.6 Å². The highest BCUT2D eigenvalue weighted by Crippen LogP contribution is 2.30. The molecule has 0 aliphatic rings. The molecule has 0 spiro atoms. The molecule has 19 heavy (non-hydrogen) atoms. The molecular weight excluding hydrogens is 249 g/mol. The molecule has 2 aromatic carbocycles. The summed E-state index contributed by atoms with van der Waals surface area (Å²) >= 11 is 0. The van der Waals surface area contributed by atoms with Crippen molar-refractivity contribution in [1.29, 1.82) is 0 Å². The molecule has 2 N–H and O–H groups in total. The summed E-state index contributed by atoms with van der Waals surface area (Å²) < 4.78 is 18.2. The van der Waals surface area contributed by atoms with Crippen LogP contribution in [0.2, 0.25) is 0 Å². The smallest absolute Gasteiger partial charge is 0.255 e. The molecule has 0 bridgehead atoms. The first-order valence-corrected chi connectivity index (χ1v) is 5.54. The quantitative estimate of drug-likeness (QED) is 0.893. The molecule has 5 heteroatoms. The number of methoxy groups -OCH3 is 1. The summed E-state index contributed by atoms with van der Waals surface area (Å²) in [7, 11) is 1.29. The Morgan fingerprint density at radius 2 is 1.95 bits per heavy atom. The normalized spacial score (nSPS) is 10.0. The Labute approximate surface area is 109 Å². The van der Waals surface area contributed by atoms with Gasteiger partial charge >= 0.3 is 0 Å². The highest BCUT2D eigenvalue weighted by Gasteiger charge is 2.15. The summed E-state index contributed by atoms with van der Waals surface area (Å²) in [4.78, 5) is 11.9. The molecule has 1 amide bonds. The molecule has 0 atom stereocenters. The van der Waals surface area contributed by atoms with Gasteiger partial charge in [-0.05, 0) is 24.3 Å². The fraction of sp³-hybridized carbons (Fsp3) is 0.0714. The maximum absolute atomic E-state index is 13.4. The van der Waals surface area contributed by atoms with Gasteiger partial charge in [0.1, 0.15) is 0 Å². The lowest BCUT2D eigenvalue weighted by Gasteiger charge is -2.08. The Morgan fingerprint density at radius 1 is 1.26 bits per heavy atom. The van der Waals surface area contributed by atoms with Crippen molar-refractivity contribution in [2.75, 3.05) is 12.4 Å². The molecule has 0 saturated heterocycles. The molecule has 0 unspecified atom stereocenters. The van der Waals surface area contributed by atoms with E-state index in [-0.39, 0.29) is 11.3 Å². The number of nitrogens with one attached hydrogen (secondary N) is 1. The van der Waals surface area contributed by atoms with Crippen molar-refractivity contribution in [3.63, 3.8) is 0 Å². The van der Waals surface area contributed by atoms with E-state index >= 15 is 0 Å². The zero-order valence-electron chi connectivity index (χ0n) is 10.2. The molecule has 98 valence electrons. The molecule has 0 fully saturated rings. The van der Waals surface area contributed by atoms with E-state index in [4.69, 9.17) is 4.74 Å². The van der Waals surface area contributed by atoms with Crippen LogP contribution < -0.4 is 10.1 Å². The Bertz CT molecular complexity index is 599. The predicted molar refractivity (Wildman–Crippen MR) is 69.0 cm³/mol. The lowest BCUT2D eigenvalue weighted by Crippen LogP contribution is -2.12. The van der Waals surface area contributed by atoms with Gasteiger partial charge in [-0.15, -0.1) is 0 Å². The van der Waals surface area contributed by atoms with E-state index in [1.54, 1.807) is 24.3 Å². The third-order valence-corrected chi connectivity index (χ3v) is 2.54. The fourth-order valence-electron chi connectivity index (χ4n) is 1.59. The van der Waals surface area contributed by atoms with Crippen LogP contribution in [0.5, 0.6) is 11.5 Å². The lowest BCUT2D eigenvalue weighted by atomic mass is 10.1. The van der Waals surface area contributed by atoms with E-state index in [2.05, 4.69) is 5.32 Å². The van der Waals surface area contributed by atoms with E-state index < -0.39 is 17.5 Å². The third kappa shape index (κ3) is 2.82. The predicted octanol–water partition coefficient (Wildman–Crippen LogP) is 2.79. The Kier molecular flexibility index (Phi) is 3.66. The van der Waals surface area contributed by atoms with E-state index in [0.717, 1.165) is 6.07 Å². The van der Waals surface area contributed by atoms with E-state index in [9.17, 15) is 14.3 Å². The van der Waals surface area contributed by atoms with Crippen molar-refractivity contribution < 1.29 is 19.0 Å². The minimum absolute atomic E-state index is 0.0657. The molecule has 0 aliphatic carbocycles. The van der Waals surface area contributed by atoms with Crippen LogP contribution in [-0.2, 0) is 0 Å². The standard InChI is InChI=1S/C14H12FNO3/c1-19-12-8-9(7-11(15)13(12)17)14(18)16-10-5-3-2-4-6-10/h2-8,17H,1H3,(H,16,18). The zero-order valence-corrected chi connectivity index (χ0v) is 10.2. The zero-order chi connectivity index (χ0) is 13.8. The Hall–Kier alpha value is -2.56. The number of carbonyl (C=O) groups is 1. The molecule has 0 saturated carbocycles. The van der Waals surface area contributed by atoms with Crippen LogP contribution in [0, 0.1) is 5.82 Å². The number of para-hydroxylation sites is 1. The van der Waals surface area contributed by atoms with Crippen molar-refractivity contribution in [3.8, 4) is 11.5 Å². The molecule has 0 aliphatic heterocycles. The van der Waals surface area contributed by atoms with E-state index in [0.29, 0.717) is 5.69 Å². The number of anilines is 1. The maximum atomic E-state index is 13.4. The minimum atomic E-state index is -0.905. The highest BCUT2D eigenvalue weighted by molar-refractivity contribution is 6.04. The third-order valence-electron chi connectivity index (χ3n) is 2.54. The molecule has 0 aromatic heterocycles.